The number of likely N-dealkylation sites (N-methyl/N-ethyl adjacent to an activating group) is 1. The second-order valence-electron chi connectivity index (χ2n) is 6.47. The lowest BCUT2D eigenvalue weighted by Crippen LogP contribution is -2.35. The summed E-state index contributed by atoms with van der Waals surface area (Å²) in [6.45, 7) is 1.51. The number of rotatable bonds is 6. The van der Waals surface area contributed by atoms with Crippen molar-refractivity contribution in [3.05, 3.63) is 58.6 Å². The summed E-state index contributed by atoms with van der Waals surface area (Å²) in [6.07, 6.45) is 0.241. The molecule has 0 fully saturated rings. The summed E-state index contributed by atoms with van der Waals surface area (Å²) in [4.78, 5) is 14.5. The quantitative estimate of drug-likeness (QED) is 0.844. The Bertz CT molecular complexity index is 765. The Labute approximate surface area is 158 Å². The van der Waals surface area contributed by atoms with Gasteiger partial charge in [0, 0.05) is 6.54 Å². The van der Waals surface area contributed by atoms with Crippen molar-refractivity contribution in [3.63, 3.8) is 0 Å². The molecule has 0 aliphatic carbocycles. The van der Waals surface area contributed by atoms with Crippen molar-refractivity contribution >= 4 is 17.5 Å². The number of benzene rings is 2. The third-order valence-corrected chi connectivity index (χ3v) is 4.60. The van der Waals surface area contributed by atoms with Crippen LogP contribution in [0.2, 0.25) is 5.02 Å². The van der Waals surface area contributed by atoms with E-state index < -0.39 is 0 Å². The normalized spacial score (nSPS) is 14.2. The molecule has 138 valence electrons. The molecule has 3 rings (SSSR count). The molecular formula is C20H23ClN2O3. The average molecular weight is 375 g/mol. The van der Waals surface area contributed by atoms with E-state index in [1.165, 1.54) is 5.56 Å². The highest BCUT2D eigenvalue weighted by atomic mass is 35.5. The molecular weight excluding hydrogens is 352 g/mol. The molecule has 5 nitrogen and oxygen atoms in total. The maximum absolute atomic E-state index is 12.4. The largest absolute Gasteiger partial charge is 0.486 e. The molecule has 26 heavy (non-hydrogen) atoms. The summed E-state index contributed by atoms with van der Waals surface area (Å²) in [5.41, 5.74) is 1.97. The highest BCUT2D eigenvalue weighted by molar-refractivity contribution is 6.32. The Morgan fingerprint density at radius 2 is 1.92 bits per heavy atom. The highest BCUT2D eigenvalue weighted by Gasteiger charge is 2.19. The number of nitrogens with zero attached hydrogens (tertiary/aromatic N) is 1. The molecule has 1 aliphatic rings. The second kappa shape index (κ2) is 8.43. The fourth-order valence-electron chi connectivity index (χ4n) is 3.00. The number of carbonyl (C=O) groups excluding carboxylic acids is 1. The molecule has 1 heterocycles. The van der Waals surface area contributed by atoms with Crippen molar-refractivity contribution in [1.29, 1.82) is 0 Å². The lowest BCUT2D eigenvalue weighted by atomic mass is 10.1. The Morgan fingerprint density at radius 1 is 1.19 bits per heavy atom. The Morgan fingerprint density at radius 3 is 2.65 bits per heavy atom. The van der Waals surface area contributed by atoms with Crippen LogP contribution < -0.4 is 14.8 Å². The molecule has 0 radical (unpaired) electrons. The van der Waals surface area contributed by atoms with Gasteiger partial charge in [0.15, 0.2) is 11.5 Å². The lowest BCUT2D eigenvalue weighted by Gasteiger charge is -2.25. The van der Waals surface area contributed by atoms with E-state index >= 15 is 0 Å². The number of hydrogen-bond donors (Lipinski definition) is 1. The van der Waals surface area contributed by atoms with Crippen LogP contribution in [-0.2, 0) is 11.2 Å². The highest BCUT2D eigenvalue weighted by Crippen LogP contribution is 2.38. The van der Waals surface area contributed by atoms with Crippen LogP contribution in [-0.4, -0.2) is 44.7 Å². The van der Waals surface area contributed by atoms with Crippen LogP contribution in [0.25, 0.3) is 0 Å². The zero-order valence-corrected chi connectivity index (χ0v) is 15.8. The van der Waals surface area contributed by atoms with Gasteiger partial charge in [-0.05, 0) is 37.4 Å². The van der Waals surface area contributed by atoms with E-state index in [1.807, 2.05) is 38.4 Å². The van der Waals surface area contributed by atoms with Gasteiger partial charge in [0.25, 0.3) is 0 Å². The van der Waals surface area contributed by atoms with Gasteiger partial charge in [-0.15, -0.1) is 0 Å². The van der Waals surface area contributed by atoms with Crippen LogP contribution in [0.1, 0.15) is 17.2 Å². The first kappa shape index (κ1) is 18.5. The number of ether oxygens (including phenoxy) is 2. The zero-order chi connectivity index (χ0) is 18.5. The van der Waals surface area contributed by atoms with Crippen molar-refractivity contribution in [3.8, 4) is 11.5 Å². The minimum Gasteiger partial charge on any atom is -0.486 e. The summed E-state index contributed by atoms with van der Waals surface area (Å²) < 4.78 is 11.1. The topological polar surface area (TPSA) is 50.8 Å². The standard InChI is InChI=1S/C20H23ClN2O3/c1-23(2)17(15-6-4-3-5-7-15)13-22-19(24)12-14-10-16(21)20-18(11-14)25-8-9-26-20/h3-7,10-11,17H,8-9,12-13H2,1-2H3,(H,22,24). The summed E-state index contributed by atoms with van der Waals surface area (Å²) in [6, 6.07) is 13.8. The minimum atomic E-state index is -0.0551. The fraction of sp³-hybridized carbons (Fsp3) is 0.350. The average Bonchev–Trinajstić information content (AvgIpc) is 2.62. The molecule has 1 unspecified atom stereocenters. The van der Waals surface area contributed by atoms with Crippen LogP contribution in [0.3, 0.4) is 0 Å². The molecule has 0 saturated heterocycles. The second-order valence-corrected chi connectivity index (χ2v) is 6.88. The van der Waals surface area contributed by atoms with E-state index in [2.05, 4.69) is 22.3 Å². The van der Waals surface area contributed by atoms with Gasteiger partial charge in [0.05, 0.1) is 17.5 Å². The van der Waals surface area contributed by atoms with E-state index in [4.69, 9.17) is 21.1 Å². The van der Waals surface area contributed by atoms with Gasteiger partial charge in [-0.1, -0.05) is 41.9 Å². The summed E-state index contributed by atoms with van der Waals surface area (Å²) in [7, 11) is 4.01. The van der Waals surface area contributed by atoms with Crippen LogP contribution in [0.15, 0.2) is 42.5 Å². The van der Waals surface area contributed by atoms with Crippen LogP contribution in [0.4, 0.5) is 0 Å². The SMILES string of the molecule is CN(C)C(CNC(=O)Cc1cc(Cl)c2c(c1)OCCO2)c1ccccc1. The maximum atomic E-state index is 12.4. The number of amides is 1. The van der Waals surface area contributed by atoms with Crippen LogP contribution in [0, 0.1) is 0 Å². The summed E-state index contributed by atoms with van der Waals surface area (Å²) >= 11 is 6.24. The van der Waals surface area contributed by atoms with Gasteiger partial charge < -0.3 is 19.7 Å². The minimum absolute atomic E-state index is 0.0551. The summed E-state index contributed by atoms with van der Waals surface area (Å²) in [5.74, 6) is 1.10. The predicted molar refractivity (Wildman–Crippen MR) is 102 cm³/mol. The van der Waals surface area contributed by atoms with E-state index in [9.17, 15) is 4.79 Å². The van der Waals surface area contributed by atoms with E-state index in [-0.39, 0.29) is 18.4 Å². The monoisotopic (exact) mass is 374 g/mol. The molecule has 0 spiro atoms. The first-order valence-corrected chi connectivity index (χ1v) is 8.98. The maximum Gasteiger partial charge on any atom is 0.224 e. The number of halogens is 1. The van der Waals surface area contributed by atoms with E-state index in [0.29, 0.717) is 36.3 Å². The van der Waals surface area contributed by atoms with Gasteiger partial charge >= 0.3 is 0 Å². The molecule has 1 aliphatic heterocycles. The summed E-state index contributed by atoms with van der Waals surface area (Å²) in [5, 5.41) is 3.49. The van der Waals surface area contributed by atoms with Gasteiger partial charge in [0.1, 0.15) is 13.2 Å². The lowest BCUT2D eigenvalue weighted by molar-refractivity contribution is -0.120. The molecule has 6 heteroatoms. The fourth-order valence-corrected chi connectivity index (χ4v) is 3.29. The molecule has 1 atom stereocenters. The molecule has 2 aromatic carbocycles. The zero-order valence-electron chi connectivity index (χ0n) is 15.0. The third kappa shape index (κ3) is 4.48. The number of nitrogens with one attached hydrogen (secondary N) is 1. The molecule has 1 amide bonds. The predicted octanol–water partition coefficient (Wildman–Crippen LogP) is 3.07. The third-order valence-electron chi connectivity index (χ3n) is 4.32. The molecule has 0 aromatic heterocycles. The van der Waals surface area contributed by atoms with E-state index in [0.717, 1.165) is 5.56 Å². The molecule has 0 saturated carbocycles. The van der Waals surface area contributed by atoms with Gasteiger partial charge in [-0.3, -0.25) is 4.79 Å². The Hall–Kier alpha value is -2.24. The van der Waals surface area contributed by atoms with Crippen molar-refractivity contribution in [1.82, 2.24) is 10.2 Å². The molecule has 0 bridgehead atoms. The molecule has 2 aromatic rings. The van der Waals surface area contributed by atoms with Crippen LogP contribution in [0.5, 0.6) is 11.5 Å². The van der Waals surface area contributed by atoms with E-state index in [1.54, 1.807) is 6.07 Å². The Kier molecular flexibility index (Phi) is 6.01. The van der Waals surface area contributed by atoms with Crippen molar-refractivity contribution in [2.24, 2.45) is 0 Å². The van der Waals surface area contributed by atoms with Crippen LogP contribution >= 0.6 is 11.6 Å². The number of fused-ring (bicyclic) bond motifs is 1. The number of hydrogen-bond acceptors (Lipinski definition) is 4. The number of carbonyl (C=O) groups is 1. The smallest absolute Gasteiger partial charge is 0.224 e. The van der Waals surface area contributed by atoms with Crippen molar-refractivity contribution < 1.29 is 14.3 Å². The van der Waals surface area contributed by atoms with Gasteiger partial charge in [-0.25, -0.2) is 0 Å². The van der Waals surface area contributed by atoms with Gasteiger partial charge in [0.2, 0.25) is 5.91 Å². The van der Waals surface area contributed by atoms with Gasteiger partial charge in [-0.2, -0.15) is 0 Å². The first-order chi connectivity index (χ1) is 12.5. The van der Waals surface area contributed by atoms with Crippen molar-refractivity contribution in [2.45, 2.75) is 12.5 Å². The Balaban J connectivity index is 1.63. The van der Waals surface area contributed by atoms with Crippen molar-refractivity contribution in [2.75, 3.05) is 33.9 Å². The first-order valence-electron chi connectivity index (χ1n) is 8.60. The molecule has 1 N–H and O–H groups in total.